The molecule has 0 N–H and O–H groups in total. The molecule has 23 heavy (non-hydrogen) atoms. The third kappa shape index (κ3) is 7.99. The van der Waals surface area contributed by atoms with E-state index in [-0.39, 0.29) is 0 Å². The normalized spacial score (nSPS) is 13.0. The second kappa shape index (κ2) is 11.6. The number of rotatable bonds is 12. The van der Waals surface area contributed by atoms with Crippen molar-refractivity contribution in [3.05, 3.63) is 35.4 Å². The van der Waals surface area contributed by atoms with Crippen molar-refractivity contribution in [2.24, 2.45) is 0 Å². The first-order valence-electron chi connectivity index (χ1n) is 9.62. The lowest BCUT2D eigenvalue weighted by Crippen LogP contribution is -2.36. The molecule has 1 rings (SSSR count). The Kier molecular flexibility index (Phi) is 10.2. The van der Waals surface area contributed by atoms with E-state index in [2.05, 4.69) is 68.7 Å². The van der Waals surface area contributed by atoms with Gasteiger partial charge in [0, 0.05) is 12.6 Å². The van der Waals surface area contributed by atoms with Gasteiger partial charge in [0.1, 0.15) is 0 Å². The smallest absolute Gasteiger partial charge is 0.0233 e. The van der Waals surface area contributed by atoms with Crippen LogP contribution in [0.2, 0.25) is 0 Å². The molecule has 2 heteroatoms. The van der Waals surface area contributed by atoms with E-state index < -0.39 is 0 Å². The molecule has 1 unspecified atom stereocenters. The van der Waals surface area contributed by atoms with Crippen LogP contribution in [0.4, 0.5) is 0 Å². The molecule has 1 aromatic rings. The molecule has 0 aromatic heterocycles. The minimum absolute atomic E-state index is 0.715. The highest BCUT2D eigenvalue weighted by Gasteiger charge is 2.12. The van der Waals surface area contributed by atoms with Crippen LogP contribution in [-0.4, -0.2) is 42.0 Å². The molecule has 0 aliphatic carbocycles. The van der Waals surface area contributed by atoms with Gasteiger partial charge in [0.05, 0.1) is 0 Å². The highest BCUT2D eigenvalue weighted by atomic mass is 15.2. The molecule has 0 saturated carbocycles. The number of aryl methyl sites for hydroxylation is 1. The molecular weight excluding hydrogens is 280 g/mol. The molecule has 0 aliphatic rings. The molecule has 2 nitrogen and oxygen atoms in total. The first-order chi connectivity index (χ1) is 11.1. The second-order valence-corrected chi connectivity index (χ2v) is 6.91. The lowest BCUT2D eigenvalue weighted by atomic mass is 10.1. The summed E-state index contributed by atoms with van der Waals surface area (Å²) >= 11 is 0. The zero-order valence-electron chi connectivity index (χ0n) is 16.1. The van der Waals surface area contributed by atoms with E-state index in [1.807, 2.05) is 0 Å². The van der Waals surface area contributed by atoms with Gasteiger partial charge in [-0.25, -0.2) is 0 Å². The maximum atomic E-state index is 2.66. The Balaban J connectivity index is 2.47. The van der Waals surface area contributed by atoms with Gasteiger partial charge in [0.15, 0.2) is 0 Å². The molecule has 0 fully saturated rings. The van der Waals surface area contributed by atoms with Crippen LogP contribution in [0.3, 0.4) is 0 Å². The maximum Gasteiger partial charge on any atom is 0.0233 e. The van der Waals surface area contributed by atoms with E-state index >= 15 is 0 Å². The van der Waals surface area contributed by atoms with Gasteiger partial charge in [-0.2, -0.15) is 0 Å². The predicted octanol–water partition coefficient (Wildman–Crippen LogP) is 5.11. The highest BCUT2D eigenvalue weighted by Crippen LogP contribution is 2.10. The summed E-state index contributed by atoms with van der Waals surface area (Å²) < 4.78 is 0. The van der Waals surface area contributed by atoms with Crippen LogP contribution in [0.5, 0.6) is 0 Å². The summed E-state index contributed by atoms with van der Waals surface area (Å²) in [6.45, 7) is 17.4. The summed E-state index contributed by atoms with van der Waals surface area (Å²) in [5.74, 6) is 0. The molecule has 132 valence electrons. The van der Waals surface area contributed by atoms with Gasteiger partial charge in [-0.3, -0.25) is 4.90 Å². The van der Waals surface area contributed by atoms with Crippen LogP contribution in [-0.2, 0) is 6.54 Å². The highest BCUT2D eigenvalue weighted by molar-refractivity contribution is 5.21. The van der Waals surface area contributed by atoms with Gasteiger partial charge in [-0.15, -0.1) is 0 Å². The van der Waals surface area contributed by atoms with Gasteiger partial charge in [0.2, 0.25) is 0 Å². The van der Waals surface area contributed by atoms with E-state index in [1.165, 1.54) is 63.0 Å². The van der Waals surface area contributed by atoms with E-state index in [0.717, 1.165) is 6.54 Å². The third-order valence-electron chi connectivity index (χ3n) is 4.71. The van der Waals surface area contributed by atoms with Crippen LogP contribution in [0.15, 0.2) is 24.3 Å². The molecule has 1 atom stereocenters. The van der Waals surface area contributed by atoms with Crippen molar-refractivity contribution < 1.29 is 0 Å². The lowest BCUT2D eigenvalue weighted by Gasteiger charge is -2.29. The fraction of sp³-hybridized carbons (Fsp3) is 0.714. The predicted molar refractivity (Wildman–Crippen MR) is 103 cm³/mol. The summed E-state index contributed by atoms with van der Waals surface area (Å²) in [6.07, 6.45) is 5.01. The second-order valence-electron chi connectivity index (χ2n) is 6.91. The largest absolute Gasteiger partial charge is 0.301 e. The number of benzene rings is 1. The van der Waals surface area contributed by atoms with Gasteiger partial charge in [-0.05, 0) is 71.3 Å². The number of nitrogens with zero attached hydrogens (tertiary/aromatic N) is 2. The maximum absolute atomic E-state index is 2.66. The molecular formula is C21H38N2. The Labute approximate surface area is 144 Å². The standard InChI is InChI=1S/C21H38N2/c1-6-14-22(18-21-12-10-19(4)11-13-21)16-9-17-23(15-7-2)20(5)8-3/h10-13,20H,6-9,14-18H2,1-5H3. The van der Waals surface area contributed by atoms with Crippen molar-refractivity contribution in [1.82, 2.24) is 9.80 Å². The molecule has 0 aliphatic heterocycles. The van der Waals surface area contributed by atoms with Crippen molar-refractivity contribution in [1.29, 1.82) is 0 Å². The number of hydrogen-bond donors (Lipinski definition) is 0. The van der Waals surface area contributed by atoms with E-state index in [1.54, 1.807) is 0 Å². The Morgan fingerprint density at radius 2 is 1.52 bits per heavy atom. The summed E-state index contributed by atoms with van der Waals surface area (Å²) in [6, 6.07) is 9.73. The molecule has 0 spiro atoms. The first-order valence-corrected chi connectivity index (χ1v) is 9.62. The van der Waals surface area contributed by atoms with Gasteiger partial charge < -0.3 is 4.90 Å². The van der Waals surface area contributed by atoms with Crippen LogP contribution < -0.4 is 0 Å². The van der Waals surface area contributed by atoms with Crippen LogP contribution in [0.25, 0.3) is 0 Å². The number of hydrogen-bond acceptors (Lipinski definition) is 2. The van der Waals surface area contributed by atoms with Crippen molar-refractivity contribution in [2.75, 3.05) is 26.2 Å². The SMILES string of the molecule is CCCN(CCCN(CCC)C(C)CC)Cc1ccc(C)cc1. The van der Waals surface area contributed by atoms with Crippen molar-refractivity contribution >= 4 is 0 Å². The molecule has 0 bridgehead atoms. The monoisotopic (exact) mass is 318 g/mol. The van der Waals surface area contributed by atoms with Crippen LogP contribution in [0, 0.1) is 6.92 Å². The molecule has 1 aromatic carbocycles. The zero-order chi connectivity index (χ0) is 17.1. The minimum atomic E-state index is 0.715. The van der Waals surface area contributed by atoms with E-state index in [0.29, 0.717) is 6.04 Å². The van der Waals surface area contributed by atoms with Crippen molar-refractivity contribution in [3.63, 3.8) is 0 Å². The topological polar surface area (TPSA) is 6.48 Å². The Hall–Kier alpha value is -0.860. The summed E-state index contributed by atoms with van der Waals surface area (Å²) in [5, 5.41) is 0. The Morgan fingerprint density at radius 1 is 0.870 bits per heavy atom. The quantitative estimate of drug-likeness (QED) is 0.528. The van der Waals surface area contributed by atoms with Crippen LogP contribution >= 0.6 is 0 Å². The zero-order valence-corrected chi connectivity index (χ0v) is 16.1. The summed E-state index contributed by atoms with van der Waals surface area (Å²) in [5.41, 5.74) is 2.79. The fourth-order valence-electron chi connectivity index (χ4n) is 3.13. The molecule has 0 heterocycles. The first kappa shape index (κ1) is 20.2. The van der Waals surface area contributed by atoms with Crippen LogP contribution in [0.1, 0.15) is 64.5 Å². The average Bonchev–Trinajstić information content (AvgIpc) is 2.55. The molecule has 0 amide bonds. The molecule has 0 saturated heterocycles. The third-order valence-corrected chi connectivity index (χ3v) is 4.71. The van der Waals surface area contributed by atoms with E-state index in [4.69, 9.17) is 0 Å². The average molecular weight is 319 g/mol. The van der Waals surface area contributed by atoms with Gasteiger partial charge in [0.25, 0.3) is 0 Å². The lowest BCUT2D eigenvalue weighted by molar-refractivity contribution is 0.181. The van der Waals surface area contributed by atoms with Gasteiger partial charge >= 0.3 is 0 Å². The van der Waals surface area contributed by atoms with E-state index in [9.17, 15) is 0 Å². The Bertz CT molecular complexity index is 399. The minimum Gasteiger partial charge on any atom is -0.301 e. The van der Waals surface area contributed by atoms with Crippen molar-refractivity contribution in [2.45, 2.75) is 72.9 Å². The Morgan fingerprint density at radius 3 is 2.09 bits per heavy atom. The fourth-order valence-corrected chi connectivity index (χ4v) is 3.13. The van der Waals surface area contributed by atoms with Gasteiger partial charge in [-0.1, -0.05) is 50.6 Å². The van der Waals surface area contributed by atoms with Crippen molar-refractivity contribution in [3.8, 4) is 0 Å². The summed E-state index contributed by atoms with van der Waals surface area (Å²) in [4.78, 5) is 5.28. The summed E-state index contributed by atoms with van der Waals surface area (Å²) in [7, 11) is 0. The molecule has 0 radical (unpaired) electrons.